The Morgan fingerprint density at radius 1 is 1.27 bits per heavy atom. The lowest BCUT2D eigenvalue weighted by atomic mass is 10.0. The largest absolute Gasteiger partial charge is 0.482 e. The molecule has 0 radical (unpaired) electrons. The van der Waals surface area contributed by atoms with Crippen molar-refractivity contribution in [1.29, 1.82) is 0 Å². The molecule has 2 N–H and O–H groups in total. The monoisotopic (exact) mass is 317 g/mol. The van der Waals surface area contributed by atoms with Crippen molar-refractivity contribution in [2.24, 2.45) is 0 Å². The van der Waals surface area contributed by atoms with Crippen LogP contribution in [-0.4, -0.2) is 50.9 Å². The molecule has 0 aliphatic carbocycles. The summed E-state index contributed by atoms with van der Waals surface area (Å²) in [6.07, 6.45) is -2.32. The summed E-state index contributed by atoms with van der Waals surface area (Å²) in [5.41, 5.74) is 6.76. The van der Waals surface area contributed by atoms with Gasteiger partial charge in [-0.25, -0.2) is 0 Å². The summed E-state index contributed by atoms with van der Waals surface area (Å²) in [7, 11) is 4.12. The van der Waals surface area contributed by atoms with Gasteiger partial charge < -0.3 is 20.3 Å². The molecule has 4 nitrogen and oxygen atoms in total. The van der Waals surface area contributed by atoms with Gasteiger partial charge in [-0.15, -0.1) is 0 Å². The van der Waals surface area contributed by atoms with Gasteiger partial charge in [0.05, 0.1) is 5.69 Å². The molecule has 0 saturated carbocycles. The standard InChI is InChI=1S/C15H22F3N3O/c1-20(2)11-5-7-21(8-6-11)12-3-4-13(19)14(9-12)22-10-15(16,17)18/h3-4,9,11H,5-8,10,19H2,1-2H3. The van der Waals surface area contributed by atoms with Crippen LogP contribution in [0.5, 0.6) is 5.75 Å². The molecule has 0 bridgehead atoms. The summed E-state index contributed by atoms with van der Waals surface area (Å²) in [5, 5.41) is 0. The topological polar surface area (TPSA) is 41.7 Å². The van der Waals surface area contributed by atoms with E-state index in [0.717, 1.165) is 31.6 Å². The van der Waals surface area contributed by atoms with Gasteiger partial charge in [-0.3, -0.25) is 0 Å². The fraction of sp³-hybridized carbons (Fsp3) is 0.600. The van der Waals surface area contributed by atoms with Gasteiger partial charge in [0, 0.05) is 30.9 Å². The molecular formula is C15H22F3N3O. The number of hydrogen-bond donors (Lipinski definition) is 1. The number of piperidine rings is 1. The summed E-state index contributed by atoms with van der Waals surface area (Å²) in [6.45, 7) is 0.403. The zero-order chi connectivity index (χ0) is 16.3. The Kier molecular flexibility index (Phi) is 5.05. The van der Waals surface area contributed by atoms with Gasteiger partial charge in [0.1, 0.15) is 5.75 Å². The van der Waals surface area contributed by atoms with Crippen molar-refractivity contribution in [3.05, 3.63) is 18.2 Å². The van der Waals surface area contributed by atoms with E-state index in [1.807, 2.05) is 6.07 Å². The molecule has 0 atom stereocenters. The molecule has 0 amide bonds. The molecule has 22 heavy (non-hydrogen) atoms. The lowest BCUT2D eigenvalue weighted by Gasteiger charge is -2.36. The van der Waals surface area contributed by atoms with Crippen LogP contribution in [0.2, 0.25) is 0 Å². The molecule has 0 aromatic heterocycles. The Hall–Kier alpha value is -1.63. The lowest BCUT2D eigenvalue weighted by molar-refractivity contribution is -0.153. The molecule has 0 spiro atoms. The van der Waals surface area contributed by atoms with Gasteiger partial charge in [0.2, 0.25) is 0 Å². The number of alkyl halides is 3. The Balaban J connectivity index is 2.03. The van der Waals surface area contributed by atoms with Crippen LogP contribution in [0.15, 0.2) is 18.2 Å². The Labute approximate surface area is 128 Å². The molecule has 1 aromatic carbocycles. The van der Waals surface area contributed by atoms with Crippen molar-refractivity contribution in [3.8, 4) is 5.75 Å². The minimum Gasteiger partial charge on any atom is -0.482 e. The smallest absolute Gasteiger partial charge is 0.422 e. The van der Waals surface area contributed by atoms with Gasteiger partial charge >= 0.3 is 6.18 Å². The average molecular weight is 317 g/mol. The molecule has 1 aromatic rings. The molecule has 1 saturated heterocycles. The van der Waals surface area contributed by atoms with Crippen LogP contribution >= 0.6 is 0 Å². The van der Waals surface area contributed by atoms with Crippen molar-refractivity contribution >= 4 is 11.4 Å². The van der Waals surface area contributed by atoms with Crippen molar-refractivity contribution in [1.82, 2.24) is 4.90 Å². The number of nitrogens with two attached hydrogens (primary N) is 1. The number of hydrogen-bond acceptors (Lipinski definition) is 4. The zero-order valence-electron chi connectivity index (χ0n) is 12.9. The molecule has 124 valence electrons. The first-order chi connectivity index (χ1) is 10.3. The second-order valence-corrected chi connectivity index (χ2v) is 5.81. The van der Waals surface area contributed by atoms with Crippen LogP contribution < -0.4 is 15.4 Å². The van der Waals surface area contributed by atoms with E-state index in [2.05, 4.69) is 23.9 Å². The number of rotatable bonds is 4. The highest BCUT2D eigenvalue weighted by Crippen LogP contribution is 2.31. The minimum atomic E-state index is -4.37. The maximum atomic E-state index is 12.3. The second-order valence-electron chi connectivity index (χ2n) is 5.81. The van der Waals surface area contributed by atoms with Crippen LogP contribution in [0.4, 0.5) is 24.5 Å². The van der Waals surface area contributed by atoms with E-state index in [9.17, 15) is 13.2 Å². The van der Waals surface area contributed by atoms with E-state index in [4.69, 9.17) is 10.5 Å². The van der Waals surface area contributed by atoms with E-state index in [-0.39, 0.29) is 11.4 Å². The summed E-state index contributed by atoms with van der Waals surface area (Å²) in [6, 6.07) is 5.56. The molecule has 0 unspecified atom stereocenters. The van der Waals surface area contributed by atoms with Crippen LogP contribution in [0.1, 0.15) is 12.8 Å². The lowest BCUT2D eigenvalue weighted by Crippen LogP contribution is -2.42. The predicted molar refractivity (Wildman–Crippen MR) is 81.3 cm³/mol. The first kappa shape index (κ1) is 16.7. The van der Waals surface area contributed by atoms with E-state index >= 15 is 0 Å². The molecule has 1 heterocycles. The minimum absolute atomic E-state index is 0.0876. The molecule has 2 rings (SSSR count). The van der Waals surface area contributed by atoms with Crippen molar-refractivity contribution < 1.29 is 17.9 Å². The quantitative estimate of drug-likeness (QED) is 0.867. The summed E-state index contributed by atoms with van der Waals surface area (Å²) in [4.78, 5) is 4.36. The van der Waals surface area contributed by atoms with Gasteiger partial charge in [-0.2, -0.15) is 13.2 Å². The van der Waals surface area contributed by atoms with Crippen LogP contribution in [0, 0.1) is 0 Å². The first-order valence-electron chi connectivity index (χ1n) is 7.27. The van der Waals surface area contributed by atoms with Gasteiger partial charge in [0.25, 0.3) is 0 Å². The zero-order valence-corrected chi connectivity index (χ0v) is 12.9. The van der Waals surface area contributed by atoms with E-state index in [0.29, 0.717) is 6.04 Å². The van der Waals surface area contributed by atoms with Crippen molar-refractivity contribution in [2.45, 2.75) is 25.1 Å². The van der Waals surface area contributed by atoms with Crippen LogP contribution in [-0.2, 0) is 0 Å². The third-order valence-corrected chi connectivity index (χ3v) is 3.95. The molecule has 1 aliphatic heterocycles. The number of anilines is 2. The Morgan fingerprint density at radius 2 is 1.91 bits per heavy atom. The first-order valence-corrected chi connectivity index (χ1v) is 7.27. The molecule has 1 aliphatic rings. The highest BCUT2D eigenvalue weighted by molar-refractivity contribution is 5.62. The fourth-order valence-corrected chi connectivity index (χ4v) is 2.64. The van der Waals surface area contributed by atoms with E-state index in [1.165, 1.54) is 0 Å². The molecule has 7 heteroatoms. The van der Waals surface area contributed by atoms with Gasteiger partial charge in [-0.05, 0) is 39.1 Å². The average Bonchev–Trinajstić information content (AvgIpc) is 2.45. The van der Waals surface area contributed by atoms with Crippen LogP contribution in [0.25, 0.3) is 0 Å². The number of ether oxygens (including phenoxy) is 1. The van der Waals surface area contributed by atoms with Gasteiger partial charge in [0.15, 0.2) is 6.61 Å². The number of nitrogens with zero attached hydrogens (tertiary/aromatic N) is 2. The predicted octanol–water partition coefficient (Wildman–Crippen LogP) is 2.74. The van der Waals surface area contributed by atoms with E-state index in [1.54, 1.807) is 12.1 Å². The van der Waals surface area contributed by atoms with Gasteiger partial charge in [-0.1, -0.05) is 0 Å². The van der Waals surface area contributed by atoms with Crippen molar-refractivity contribution in [2.75, 3.05) is 44.4 Å². The normalized spacial score (nSPS) is 17.1. The highest BCUT2D eigenvalue weighted by Gasteiger charge is 2.29. The molecular weight excluding hydrogens is 295 g/mol. The number of halogens is 3. The Bertz CT molecular complexity index is 497. The SMILES string of the molecule is CN(C)C1CCN(c2ccc(N)c(OCC(F)(F)F)c2)CC1. The van der Waals surface area contributed by atoms with E-state index < -0.39 is 12.8 Å². The summed E-state index contributed by atoms with van der Waals surface area (Å²) >= 11 is 0. The maximum Gasteiger partial charge on any atom is 0.422 e. The Morgan fingerprint density at radius 3 is 2.45 bits per heavy atom. The second kappa shape index (κ2) is 6.64. The van der Waals surface area contributed by atoms with Crippen LogP contribution in [0.3, 0.4) is 0 Å². The molecule has 1 fully saturated rings. The number of nitrogen functional groups attached to an aromatic ring is 1. The third-order valence-electron chi connectivity index (χ3n) is 3.95. The highest BCUT2D eigenvalue weighted by atomic mass is 19.4. The summed E-state index contributed by atoms with van der Waals surface area (Å²) < 4.78 is 41.6. The fourth-order valence-electron chi connectivity index (χ4n) is 2.64. The summed E-state index contributed by atoms with van der Waals surface area (Å²) in [5.74, 6) is 0.0876. The van der Waals surface area contributed by atoms with Crippen molar-refractivity contribution in [3.63, 3.8) is 0 Å². The maximum absolute atomic E-state index is 12.3. The number of benzene rings is 1. The third kappa shape index (κ3) is 4.43.